The summed E-state index contributed by atoms with van der Waals surface area (Å²) < 4.78 is 0. The van der Waals surface area contributed by atoms with Gasteiger partial charge in [-0.3, -0.25) is 9.78 Å². The van der Waals surface area contributed by atoms with E-state index in [0.717, 1.165) is 31.4 Å². The number of anilines is 1. The molecule has 2 rings (SSSR count). The fourth-order valence-corrected chi connectivity index (χ4v) is 2.58. The highest BCUT2D eigenvalue weighted by Gasteiger charge is 2.28. The molecule has 19 heavy (non-hydrogen) atoms. The van der Waals surface area contributed by atoms with Crippen LogP contribution in [-0.4, -0.2) is 16.9 Å². The molecule has 1 aliphatic rings. The van der Waals surface area contributed by atoms with Crippen molar-refractivity contribution >= 4 is 11.6 Å². The Kier molecular flexibility index (Phi) is 3.78. The summed E-state index contributed by atoms with van der Waals surface area (Å²) in [5, 5.41) is 3.07. The van der Waals surface area contributed by atoms with Gasteiger partial charge in [-0.2, -0.15) is 0 Å². The first kappa shape index (κ1) is 13.8. The highest BCUT2D eigenvalue weighted by atomic mass is 16.1. The number of hydrogen-bond donors (Lipinski definition) is 2. The summed E-state index contributed by atoms with van der Waals surface area (Å²) in [5.41, 5.74) is 8.09. The number of nitrogens with two attached hydrogens (primary N) is 1. The van der Waals surface area contributed by atoms with E-state index >= 15 is 0 Å². The highest BCUT2D eigenvalue weighted by molar-refractivity contribution is 5.98. The molecule has 0 aromatic carbocycles. The molecule has 1 fully saturated rings. The fourth-order valence-electron chi connectivity index (χ4n) is 2.58. The fraction of sp³-hybridized carbons (Fsp3) is 0.600. The van der Waals surface area contributed by atoms with Gasteiger partial charge in [0.25, 0.3) is 5.91 Å². The van der Waals surface area contributed by atoms with E-state index in [1.54, 1.807) is 12.3 Å². The van der Waals surface area contributed by atoms with E-state index in [9.17, 15) is 4.79 Å². The first-order valence-electron chi connectivity index (χ1n) is 6.90. The average Bonchev–Trinajstić information content (AvgIpc) is 2.31. The Morgan fingerprint density at radius 3 is 2.63 bits per heavy atom. The number of aryl methyl sites for hydroxylation is 1. The second-order valence-electron chi connectivity index (χ2n) is 6.32. The van der Waals surface area contributed by atoms with Gasteiger partial charge in [0.1, 0.15) is 0 Å². The maximum Gasteiger partial charge on any atom is 0.255 e. The van der Waals surface area contributed by atoms with Crippen LogP contribution in [0.1, 0.15) is 55.6 Å². The summed E-state index contributed by atoms with van der Waals surface area (Å²) in [6, 6.07) is 2.00. The molecule has 1 saturated carbocycles. The number of carbonyl (C=O) groups is 1. The number of amides is 1. The summed E-state index contributed by atoms with van der Waals surface area (Å²) in [7, 11) is 0. The van der Waals surface area contributed by atoms with Crippen molar-refractivity contribution in [3.63, 3.8) is 0 Å². The van der Waals surface area contributed by atoms with Crippen molar-refractivity contribution in [2.45, 2.75) is 52.5 Å². The molecule has 0 radical (unpaired) electrons. The Bertz CT molecular complexity index is 472. The molecule has 0 aliphatic heterocycles. The number of pyridine rings is 1. The SMILES string of the molecule is Cc1cc(N)c(C(=O)NC2CCC(C)(C)CC2)cn1. The zero-order valence-corrected chi connectivity index (χ0v) is 12.0. The Morgan fingerprint density at radius 1 is 1.42 bits per heavy atom. The van der Waals surface area contributed by atoms with E-state index in [-0.39, 0.29) is 11.9 Å². The van der Waals surface area contributed by atoms with Gasteiger partial charge >= 0.3 is 0 Å². The predicted octanol–water partition coefficient (Wildman–Crippen LogP) is 2.67. The minimum Gasteiger partial charge on any atom is -0.398 e. The molecule has 1 aromatic heterocycles. The molecule has 0 spiro atoms. The van der Waals surface area contributed by atoms with E-state index in [2.05, 4.69) is 24.1 Å². The zero-order chi connectivity index (χ0) is 14.0. The first-order chi connectivity index (χ1) is 8.87. The Hall–Kier alpha value is -1.58. The summed E-state index contributed by atoms with van der Waals surface area (Å²) in [5.74, 6) is -0.102. The zero-order valence-electron chi connectivity index (χ0n) is 12.0. The van der Waals surface area contributed by atoms with Gasteiger partial charge in [-0.05, 0) is 44.1 Å². The number of hydrogen-bond acceptors (Lipinski definition) is 3. The highest BCUT2D eigenvalue weighted by Crippen LogP contribution is 2.35. The molecule has 3 N–H and O–H groups in total. The van der Waals surface area contributed by atoms with Crippen LogP contribution >= 0.6 is 0 Å². The smallest absolute Gasteiger partial charge is 0.255 e. The van der Waals surface area contributed by atoms with Gasteiger partial charge in [0.15, 0.2) is 0 Å². The quantitative estimate of drug-likeness (QED) is 0.860. The standard InChI is InChI=1S/C15H23N3O/c1-10-8-13(16)12(9-17-10)14(19)18-11-4-6-15(2,3)7-5-11/h8-9,11H,4-7H2,1-3H3,(H2,16,17)(H,18,19). The minimum absolute atomic E-state index is 0.102. The lowest BCUT2D eigenvalue weighted by atomic mass is 9.75. The van der Waals surface area contributed by atoms with Crippen LogP contribution in [0.4, 0.5) is 5.69 Å². The van der Waals surface area contributed by atoms with Crippen molar-refractivity contribution in [1.82, 2.24) is 10.3 Å². The van der Waals surface area contributed by atoms with Gasteiger partial charge in [0.2, 0.25) is 0 Å². The van der Waals surface area contributed by atoms with Gasteiger partial charge in [0.05, 0.1) is 5.56 Å². The molecule has 1 amide bonds. The van der Waals surface area contributed by atoms with Crippen LogP contribution in [0.2, 0.25) is 0 Å². The lowest BCUT2D eigenvalue weighted by Gasteiger charge is -2.34. The number of aromatic nitrogens is 1. The molecule has 0 atom stereocenters. The van der Waals surface area contributed by atoms with E-state index in [0.29, 0.717) is 16.7 Å². The van der Waals surface area contributed by atoms with Crippen molar-refractivity contribution in [2.75, 3.05) is 5.73 Å². The second-order valence-corrected chi connectivity index (χ2v) is 6.32. The van der Waals surface area contributed by atoms with Gasteiger partial charge in [0, 0.05) is 23.6 Å². The van der Waals surface area contributed by atoms with Crippen LogP contribution in [-0.2, 0) is 0 Å². The molecule has 0 unspecified atom stereocenters. The van der Waals surface area contributed by atoms with E-state index in [1.807, 2.05) is 6.92 Å². The predicted molar refractivity (Wildman–Crippen MR) is 76.9 cm³/mol. The van der Waals surface area contributed by atoms with Gasteiger partial charge in [-0.15, -0.1) is 0 Å². The lowest BCUT2D eigenvalue weighted by molar-refractivity contribution is 0.0909. The van der Waals surface area contributed by atoms with Crippen molar-refractivity contribution in [3.05, 3.63) is 23.5 Å². The van der Waals surface area contributed by atoms with Crippen LogP contribution in [0.3, 0.4) is 0 Å². The Labute approximate surface area is 114 Å². The summed E-state index contributed by atoms with van der Waals surface area (Å²) in [6.45, 7) is 6.43. The lowest BCUT2D eigenvalue weighted by Crippen LogP contribution is -2.39. The van der Waals surface area contributed by atoms with Crippen LogP contribution in [0.5, 0.6) is 0 Å². The Morgan fingerprint density at radius 2 is 2.05 bits per heavy atom. The Balaban J connectivity index is 1.98. The molecular weight excluding hydrogens is 238 g/mol. The molecule has 4 nitrogen and oxygen atoms in total. The van der Waals surface area contributed by atoms with Crippen LogP contribution < -0.4 is 11.1 Å². The molecule has 0 bridgehead atoms. The molecule has 0 saturated heterocycles. The molecule has 1 aliphatic carbocycles. The van der Waals surface area contributed by atoms with Crippen molar-refractivity contribution < 1.29 is 4.79 Å². The van der Waals surface area contributed by atoms with Crippen LogP contribution in [0.15, 0.2) is 12.3 Å². The number of nitrogens with zero attached hydrogens (tertiary/aromatic N) is 1. The molecular formula is C15H23N3O. The van der Waals surface area contributed by atoms with E-state index in [4.69, 9.17) is 5.73 Å². The number of nitrogen functional groups attached to an aromatic ring is 1. The first-order valence-corrected chi connectivity index (χ1v) is 6.90. The maximum absolute atomic E-state index is 12.2. The van der Waals surface area contributed by atoms with Crippen molar-refractivity contribution in [1.29, 1.82) is 0 Å². The molecule has 1 heterocycles. The minimum atomic E-state index is -0.102. The topological polar surface area (TPSA) is 68.0 Å². The molecule has 1 aromatic rings. The second kappa shape index (κ2) is 5.19. The van der Waals surface area contributed by atoms with Gasteiger partial charge < -0.3 is 11.1 Å². The van der Waals surface area contributed by atoms with Crippen LogP contribution in [0.25, 0.3) is 0 Å². The third-order valence-electron chi connectivity index (χ3n) is 3.99. The van der Waals surface area contributed by atoms with E-state index in [1.165, 1.54) is 0 Å². The normalized spacial score (nSPS) is 19.1. The molecule has 104 valence electrons. The summed E-state index contributed by atoms with van der Waals surface area (Å²) in [4.78, 5) is 16.3. The van der Waals surface area contributed by atoms with Crippen LogP contribution in [0, 0.1) is 12.3 Å². The van der Waals surface area contributed by atoms with Crippen molar-refractivity contribution in [3.8, 4) is 0 Å². The summed E-state index contributed by atoms with van der Waals surface area (Å²) in [6.07, 6.45) is 5.95. The van der Waals surface area contributed by atoms with E-state index < -0.39 is 0 Å². The van der Waals surface area contributed by atoms with Gasteiger partial charge in [-0.25, -0.2) is 0 Å². The third-order valence-corrected chi connectivity index (χ3v) is 3.99. The number of nitrogens with one attached hydrogen (secondary N) is 1. The summed E-state index contributed by atoms with van der Waals surface area (Å²) >= 11 is 0. The van der Waals surface area contributed by atoms with Crippen molar-refractivity contribution in [2.24, 2.45) is 5.41 Å². The van der Waals surface area contributed by atoms with Gasteiger partial charge in [-0.1, -0.05) is 13.8 Å². The third kappa shape index (κ3) is 3.46. The number of carbonyl (C=O) groups excluding carboxylic acids is 1. The average molecular weight is 261 g/mol. The largest absolute Gasteiger partial charge is 0.398 e. The maximum atomic E-state index is 12.2. The number of rotatable bonds is 2. The molecule has 4 heteroatoms. The monoisotopic (exact) mass is 261 g/mol.